The van der Waals surface area contributed by atoms with Gasteiger partial charge in [-0.05, 0) is 56.1 Å². The summed E-state index contributed by atoms with van der Waals surface area (Å²) >= 11 is 7.83. The third-order valence-electron chi connectivity index (χ3n) is 4.95. The minimum atomic E-state index is -0.850. The summed E-state index contributed by atoms with van der Waals surface area (Å²) in [6, 6.07) is 3.59. The molecule has 1 aliphatic carbocycles. The number of thiophene rings is 1. The molecule has 2 rings (SSSR count). The van der Waals surface area contributed by atoms with Gasteiger partial charge in [-0.1, -0.05) is 26.2 Å². The van der Waals surface area contributed by atoms with E-state index in [4.69, 9.17) is 16.7 Å². The first-order valence-corrected chi connectivity index (χ1v) is 9.92. The van der Waals surface area contributed by atoms with Crippen LogP contribution in [0.4, 0.5) is 0 Å². The molecule has 3 nitrogen and oxygen atoms in total. The van der Waals surface area contributed by atoms with Crippen LogP contribution in [-0.2, 0) is 6.42 Å². The predicted molar refractivity (Wildman–Crippen MR) is 95.6 cm³/mol. The molecular formula is C18H27ClO3S. The number of carbonyl (C=O) groups is 1. The van der Waals surface area contributed by atoms with Crippen LogP contribution in [0.15, 0.2) is 12.1 Å². The Hall–Kier alpha value is -0.580. The molecule has 1 aliphatic rings. The number of alkyl halides is 1. The van der Waals surface area contributed by atoms with E-state index in [0.717, 1.165) is 30.6 Å². The molecule has 4 unspecified atom stereocenters. The van der Waals surface area contributed by atoms with Crippen molar-refractivity contribution >= 4 is 28.9 Å². The van der Waals surface area contributed by atoms with Gasteiger partial charge in [0.25, 0.3) is 0 Å². The average Bonchev–Trinajstić information content (AvgIpc) is 3.07. The van der Waals surface area contributed by atoms with Crippen LogP contribution in [0, 0.1) is 11.8 Å². The maximum absolute atomic E-state index is 10.9. The number of aryl methyl sites for hydroxylation is 1. The van der Waals surface area contributed by atoms with Gasteiger partial charge in [0.05, 0.1) is 6.10 Å². The molecule has 0 spiro atoms. The number of carboxylic acid groups (broad SMARTS) is 1. The first-order chi connectivity index (χ1) is 11.0. The Morgan fingerprint density at radius 2 is 2.00 bits per heavy atom. The fourth-order valence-corrected chi connectivity index (χ4v) is 5.09. The van der Waals surface area contributed by atoms with Gasteiger partial charge in [-0.2, -0.15) is 0 Å². The standard InChI is InChI=1S/C18H27ClO3S/c1-2-3-4-7-14-13(15(19)11-16(14)20)8-5-6-12-9-10-17(23-12)18(21)22/h9-10,13-16,20H,2-8,11H2,1H3,(H,21,22). The van der Waals surface area contributed by atoms with Crippen molar-refractivity contribution < 1.29 is 15.0 Å². The molecule has 0 aromatic carbocycles. The van der Waals surface area contributed by atoms with Crippen molar-refractivity contribution in [2.45, 2.75) is 69.8 Å². The first kappa shape index (κ1) is 18.8. The van der Waals surface area contributed by atoms with Gasteiger partial charge in [0.1, 0.15) is 4.88 Å². The Morgan fingerprint density at radius 1 is 1.26 bits per heavy atom. The molecule has 130 valence electrons. The van der Waals surface area contributed by atoms with Gasteiger partial charge in [0.15, 0.2) is 0 Å². The van der Waals surface area contributed by atoms with Gasteiger partial charge >= 0.3 is 5.97 Å². The molecule has 0 radical (unpaired) electrons. The fourth-order valence-electron chi connectivity index (χ4n) is 3.70. The molecule has 0 saturated heterocycles. The number of rotatable bonds is 9. The molecule has 0 aliphatic heterocycles. The number of carboxylic acids is 1. The summed E-state index contributed by atoms with van der Waals surface area (Å²) in [5.74, 6) is -0.124. The third-order valence-corrected chi connectivity index (χ3v) is 6.58. The first-order valence-electron chi connectivity index (χ1n) is 8.67. The van der Waals surface area contributed by atoms with Gasteiger partial charge in [0, 0.05) is 10.3 Å². The zero-order valence-corrected chi connectivity index (χ0v) is 15.3. The number of hydrogen-bond acceptors (Lipinski definition) is 3. The van der Waals surface area contributed by atoms with Crippen molar-refractivity contribution in [2.75, 3.05) is 0 Å². The number of aromatic carboxylic acids is 1. The van der Waals surface area contributed by atoms with E-state index in [1.165, 1.54) is 30.6 Å². The van der Waals surface area contributed by atoms with E-state index >= 15 is 0 Å². The van der Waals surface area contributed by atoms with Crippen molar-refractivity contribution in [1.82, 2.24) is 0 Å². The minimum Gasteiger partial charge on any atom is -0.477 e. The van der Waals surface area contributed by atoms with Crippen molar-refractivity contribution in [3.05, 3.63) is 21.9 Å². The Morgan fingerprint density at radius 3 is 2.65 bits per heavy atom. The van der Waals surface area contributed by atoms with Gasteiger partial charge in [-0.25, -0.2) is 4.79 Å². The van der Waals surface area contributed by atoms with Gasteiger partial charge < -0.3 is 10.2 Å². The van der Waals surface area contributed by atoms with E-state index in [0.29, 0.717) is 23.1 Å². The summed E-state index contributed by atoms with van der Waals surface area (Å²) < 4.78 is 0. The summed E-state index contributed by atoms with van der Waals surface area (Å²) in [4.78, 5) is 12.4. The van der Waals surface area contributed by atoms with E-state index in [1.54, 1.807) is 6.07 Å². The lowest BCUT2D eigenvalue weighted by Gasteiger charge is -2.23. The molecular weight excluding hydrogens is 332 g/mol. The Balaban J connectivity index is 1.82. The van der Waals surface area contributed by atoms with Crippen LogP contribution in [-0.4, -0.2) is 27.7 Å². The van der Waals surface area contributed by atoms with E-state index < -0.39 is 5.97 Å². The molecule has 1 saturated carbocycles. The minimum absolute atomic E-state index is 0.0783. The third kappa shape index (κ3) is 5.20. The Bertz CT molecular complexity index is 502. The molecule has 5 heteroatoms. The molecule has 1 heterocycles. The van der Waals surface area contributed by atoms with Crippen molar-refractivity contribution in [2.24, 2.45) is 11.8 Å². The van der Waals surface area contributed by atoms with Crippen LogP contribution in [0.3, 0.4) is 0 Å². The number of unbranched alkanes of at least 4 members (excludes halogenated alkanes) is 2. The highest BCUT2D eigenvalue weighted by atomic mass is 35.5. The van der Waals surface area contributed by atoms with E-state index in [1.807, 2.05) is 6.07 Å². The number of hydrogen-bond donors (Lipinski definition) is 2. The molecule has 23 heavy (non-hydrogen) atoms. The molecule has 4 atom stereocenters. The molecule has 1 aromatic heterocycles. The van der Waals surface area contributed by atoms with E-state index in [9.17, 15) is 9.90 Å². The second-order valence-corrected chi connectivity index (χ2v) is 8.33. The van der Waals surface area contributed by atoms with Crippen LogP contribution in [0.2, 0.25) is 0 Å². The highest BCUT2D eigenvalue weighted by Crippen LogP contribution is 2.41. The zero-order valence-electron chi connectivity index (χ0n) is 13.7. The quantitative estimate of drug-likeness (QED) is 0.484. The summed E-state index contributed by atoms with van der Waals surface area (Å²) in [6.07, 6.45) is 8.04. The SMILES string of the molecule is CCCCCC1C(O)CC(Cl)C1CCCc1ccc(C(=O)O)s1. The molecule has 0 bridgehead atoms. The summed E-state index contributed by atoms with van der Waals surface area (Å²) in [5.41, 5.74) is 0. The highest BCUT2D eigenvalue weighted by Gasteiger charge is 2.40. The second-order valence-electron chi connectivity index (χ2n) is 6.61. The molecule has 1 aromatic rings. The Labute approximate surface area is 147 Å². The van der Waals surface area contributed by atoms with Crippen molar-refractivity contribution in [1.29, 1.82) is 0 Å². The lowest BCUT2D eigenvalue weighted by Crippen LogP contribution is -2.21. The number of halogens is 1. The van der Waals surface area contributed by atoms with E-state index in [2.05, 4.69) is 6.92 Å². The normalized spacial score (nSPS) is 27.4. The summed E-state index contributed by atoms with van der Waals surface area (Å²) in [6.45, 7) is 2.19. The van der Waals surface area contributed by atoms with Gasteiger partial charge in [-0.3, -0.25) is 0 Å². The monoisotopic (exact) mass is 358 g/mol. The second kappa shape index (κ2) is 9.05. The van der Waals surface area contributed by atoms with Crippen LogP contribution in [0.25, 0.3) is 0 Å². The van der Waals surface area contributed by atoms with Crippen LogP contribution < -0.4 is 0 Å². The summed E-state index contributed by atoms with van der Waals surface area (Å²) in [7, 11) is 0. The van der Waals surface area contributed by atoms with Crippen molar-refractivity contribution in [3.63, 3.8) is 0 Å². The highest BCUT2D eigenvalue weighted by molar-refractivity contribution is 7.13. The summed E-state index contributed by atoms with van der Waals surface area (Å²) in [5, 5.41) is 19.3. The molecule has 1 fully saturated rings. The van der Waals surface area contributed by atoms with Crippen LogP contribution >= 0.6 is 22.9 Å². The molecule has 2 N–H and O–H groups in total. The zero-order chi connectivity index (χ0) is 16.8. The molecule has 0 amide bonds. The van der Waals surface area contributed by atoms with E-state index in [-0.39, 0.29) is 11.5 Å². The largest absolute Gasteiger partial charge is 0.477 e. The lowest BCUT2D eigenvalue weighted by molar-refractivity contribution is 0.0702. The van der Waals surface area contributed by atoms with Crippen LogP contribution in [0.5, 0.6) is 0 Å². The van der Waals surface area contributed by atoms with Crippen LogP contribution in [0.1, 0.15) is 66.4 Å². The number of aliphatic hydroxyl groups excluding tert-OH is 1. The van der Waals surface area contributed by atoms with Gasteiger partial charge in [0.2, 0.25) is 0 Å². The smallest absolute Gasteiger partial charge is 0.345 e. The topological polar surface area (TPSA) is 57.5 Å². The maximum Gasteiger partial charge on any atom is 0.345 e. The maximum atomic E-state index is 10.9. The lowest BCUT2D eigenvalue weighted by atomic mass is 9.86. The average molecular weight is 359 g/mol. The number of aliphatic hydroxyl groups is 1. The van der Waals surface area contributed by atoms with Gasteiger partial charge in [-0.15, -0.1) is 22.9 Å². The fraction of sp³-hybridized carbons (Fsp3) is 0.722. The predicted octanol–water partition coefficient (Wildman–Crippen LogP) is 4.95. The Kier molecular flexibility index (Phi) is 7.38. The van der Waals surface area contributed by atoms with Crippen molar-refractivity contribution in [3.8, 4) is 0 Å².